The van der Waals surface area contributed by atoms with Crippen LogP contribution in [-0.4, -0.2) is 38.2 Å². The van der Waals surface area contributed by atoms with Gasteiger partial charge in [-0.15, -0.1) is 0 Å². The number of alkyl halides is 3. The quantitative estimate of drug-likeness (QED) is 0.501. The summed E-state index contributed by atoms with van der Waals surface area (Å²) in [4.78, 5) is 11.4. The average molecular weight is 291 g/mol. The molecule has 1 fully saturated rings. The summed E-state index contributed by atoms with van der Waals surface area (Å²) >= 11 is 16.2. The first-order chi connectivity index (χ1) is 7.32. The molecule has 94 valence electrons. The smallest absolute Gasteiger partial charge is 0.272 e. The van der Waals surface area contributed by atoms with Gasteiger partial charge in [0, 0.05) is 0 Å². The molecule has 1 aliphatic rings. The molecule has 4 nitrogen and oxygen atoms in total. The number of hydrogen-bond acceptors (Lipinski definition) is 3. The number of rotatable bonds is 1. The lowest BCUT2D eigenvalue weighted by Gasteiger charge is -2.26. The Balaban J connectivity index is 2.61. The van der Waals surface area contributed by atoms with Crippen molar-refractivity contribution in [1.29, 1.82) is 0 Å². The van der Waals surface area contributed by atoms with Gasteiger partial charge >= 0.3 is 0 Å². The minimum atomic E-state index is -2.04. The van der Waals surface area contributed by atoms with Crippen molar-refractivity contribution in [3.63, 3.8) is 0 Å². The van der Waals surface area contributed by atoms with Crippen molar-refractivity contribution in [2.24, 2.45) is 0 Å². The average Bonchev–Trinajstić information content (AvgIpc) is 2.32. The lowest BCUT2D eigenvalue weighted by molar-refractivity contribution is -0.122. The molecular weight excluding hydrogens is 276 g/mol. The predicted octanol–water partition coefficient (Wildman–Crippen LogP) is 1.14. The van der Waals surface area contributed by atoms with Crippen LogP contribution in [0.1, 0.15) is 25.7 Å². The van der Waals surface area contributed by atoms with Crippen LogP contribution in [0.3, 0.4) is 0 Å². The molecule has 0 saturated heterocycles. The second-order valence-electron chi connectivity index (χ2n) is 3.92. The highest BCUT2D eigenvalue weighted by Crippen LogP contribution is 2.27. The summed E-state index contributed by atoms with van der Waals surface area (Å²) in [5.41, 5.74) is 0. The third kappa shape index (κ3) is 3.93. The van der Waals surface area contributed by atoms with E-state index < -0.39 is 27.9 Å². The van der Waals surface area contributed by atoms with Crippen LogP contribution in [0.25, 0.3) is 0 Å². The third-order valence-electron chi connectivity index (χ3n) is 2.65. The Hall–Kier alpha value is 0.260. The molecule has 16 heavy (non-hydrogen) atoms. The van der Waals surface area contributed by atoms with Gasteiger partial charge in [0.1, 0.15) is 0 Å². The summed E-state index contributed by atoms with van der Waals surface area (Å²) in [6.45, 7) is 0. The van der Waals surface area contributed by atoms with E-state index in [9.17, 15) is 15.0 Å². The zero-order valence-electron chi connectivity index (χ0n) is 8.50. The van der Waals surface area contributed by atoms with Crippen LogP contribution >= 0.6 is 34.8 Å². The van der Waals surface area contributed by atoms with E-state index >= 15 is 0 Å². The SMILES string of the molecule is O=C(N[C@@H]1CCCC[C@@H](O)[C@H]1O)C(Cl)(Cl)Cl. The maximum Gasteiger partial charge on any atom is 0.272 e. The van der Waals surface area contributed by atoms with E-state index in [2.05, 4.69) is 5.32 Å². The second kappa shape index (κ2) is 5.74. The molecule has 0 spiro atoms. The van der Waals surface area contributed by atoms with Crippen molar-refractivity contribution in [3.05, 3.63) is 0 Å². The topological polar surface area (TPSA) is 69.6 Å². The molecule has 1 amide bonds. The summed E-state index contributed by atoms with van der Waals surface area (Å²) in [6.07, 6.45) is 0.825. The Morgan fingerprint density at radius 2 is 1.75 bits per heavy atom. The number of aliphatic hydroxyl groups is 2. The minimum Gasteiger partial charge on any atom is -0.390 e. The van der Waals surface area contributed by atoms with Gasteiger partial charge in [0.15, 0.2) is 0 Å². The first kappa shape index (κ1) is 14.3. The van der Waals surface area contributed by atoms with Gasteiger partial charge in [-0.1, -0.05) is 47.6 Å². The Kier molecular flexibility index (Phi) is 5.13. The van der Waals surface area contributed by atoms with Crippen LogP contribution in [0.5, 0.6) is 0 Å². The molecule has 1 saturated carbocycles. The fraction of sp³-hybridized carbons (Fsp3) is 0.889. The van der Waals surface area contributed by atoms with E-state index in [0.717, 1.165) is 12.8 Å². The Morgan fingerprint density at radius 3 is 2.31 bits per heavy atom. The number of halogens is 3. The molecule has 0 aromatic carbocycles. The maximum absolute atomic E-state index is 11.4. The van der Waals surface area contributed by atoms with E-state index in [1.807, 2.05) is 0 Å². The number of hydrogen-bond donors (Lipinski definition) is 3. The van der Waals surface area contributed by atoms with Gasteiger partial charge in [0.05, 0.1) is 18.2 Å². The number of aliphatic hydroxyl groups excluding tert-OH is 2. The van der Waals surface area contributed by atoms with Crippen molar-refractivity contribution in [1.82, 2.24) is 5.32 Å². The maximum atomic E-state index is 11.4. The Labute approximate surface area is 109 Å². The van der Waals surface area contributed by atoms with Gasteiger partial charge in [-0.05, 0) is 12.8 Å². The second-order valence-corrected chi connectivity index (χ2v) is 6.20. The number of nitrogens with one attached hydrogen (secondary N) is 1. The van der Waals surface area contributed by atoms with Crippen LogP contribution in [-0.2, 0) is 4.79 Å². The standard InChI is InChI=1S/C9H14Cl3NO3/c10-9(11,12)8(16)13-5-3-1-2-4-6(14)7(5)15/h5-7,14-15H,1-4H2,(H,13,16)/t5-,6-,7+/m1/s1. The van der Waals surface area contributed by atoms with Gasteiger partial charge in [0.25, 0.3) is 9.70 Å². The highest BCUT2D eigenvalue weighted by Gasteiger charge is 2.36. The monoisotopic (exact) mass is 289 g/mol. The van der Waals surface area contributed by atoms with E-state index in [-0.39, 0.29) is 0 Å². The molecule has 0 radical (unpaired) electrons. The predicted molar refractivity (Wildman–Crippen MR) is 62.7 cm³/mol. The van der Waals surface area contributed by atoms with E-state index in [0.29, 0.717) is 12.8 Å². The lowest BCUT2D eigenvalue weighted by atomic mass is 10.0. The molecule has 3 N–H and O–H groups in total. The zero-order valence-corrected chi connectivity index (χ0v) is 10.8. The van der Waals surface area contributed by atoms with E-state index in [1.165, 1.54) is 0 Å². The van der Waals surface area contributed by atoms with Crippen molar-refractivity contribution >= 4 is 40.7 Å². The molecule has 0 unspecified atom stereocenters. The van der Waals surface area contributed by atoms with Crippen LogP contribution in [0.2, 0.25) is 0 Å². The molecule has 0 aromatic rings. The number of amides is 1. The van der Waals surface area contributed by atoms with Crippen molar-refractivity contribution in [3.8, 4) is 0 Å². The molecular formula is C9H14Cl3NO3. The first-order valence-electron chi connectivity index (χ1n) is 5.06. The number of carbonyl (C=O) groups excluding carboxylic acids is 1. The van der Waals surface area contributed by atoms with Crippen molar-refractivity contribution in [2.45, 2.75) is 47.7 Å². The summed E-state index contributed by atoms with van der Waals surface area (Å²) < 4.78 is -2.04. The number of carbonyl (C=O) groups is 1. The van der Waals surface area contributed by atoms with E-state index in [4.69, 9.17) is 34.8 Å². The zero-order chi connectivity index (χ0) is 12.3. The molecule has 1 aliphatic carbocycles. The molecule has 1 rings (SSSR count). The van der Waals surface area contributed by atoms with E-state index in [1.54, 1.807) is 0 Å². The Morgan fingerprint density at radius 1 is 1.19 bits per heavy atom. The summed E-state index contributed by atoms with van der Waals surface area (Å²) in [7, 11) is 0. The Bertz CT molecular complexity index is 257. The van der Waals surface area contributed by atoms with Gasteiger partial charge in [-0.3, -0.25) is 4.79 Å². The molecule has 7 heteroatoms. The van der Waals surface area contributed by atoms with Crippen LogP contribution in [0.4, 0.5) is 0 Å². The fourth-order valence-electron chi connectivity index (χ4n) is 1.74. The molecule has 0 aliphatic heterocycles. The highest BCUT2D eigenvalue weighted by atomic mass is 35.6. The first-order valence-corrected chi connectivity index (χ1v) is 6.19. The van der Waals surface area contributed by atoms with Gasteiger partial charge in [-0.25, -0.2) is 0 Å². The summed E-state index contributed by atoms with van der Waals surface area (Å²) in [5.74, 6) is -0.782. The minimum absolute atomic E-state index is 0.515. The van der Waals surface area contributed by atoms with Gasteiger partial charge in [-0.2, -0.15) is 0 Å². The van der Waals surface area contributed by atoms with Crippen LogP contribution < -0.4 is 5.32 Å². The largest absolute Gasteiger partial charge is 0.390 e. The summed E-state index contributed by atoms with van der Waals surface area (Å²) in [6, 6.07) is -0.569. The van der Waals surface area contributed by atoms with Gasteiger partial charge < -0.3 is 15.5 Å². The van der Waals surface area contributed by atoms with Crippen molar-refractivity contribution in [2.75, 3.05) is 0 Å². The van der Waals surface area contributed by atoms with Crippen LogP contribution in [0.15, 0.2) is 0 Å². The summed E-state index contributed by atoms with van der Waals surface area (Å²) in [5, 5.41) is 21.7. The highest BCUT2D eigenvalue weighted by molar-refractivity contribution is 6.76. The van der Waals surface area contributed by atoms with Crippen molar-refractivity contribution < 1.29 is 15.0 Å². The molecule has 0 bridgehead atoms. The molecule has 3 atom stereocenters. The molecule has 0 aromatic heterocycles. The van der Waals surface area contributed by atoms with Crippen LogP contribution in [0, 0.1) is 0 Å². The lowest BCUT2D eigenvalue weighted by Crippen LogP contribution is -2.50. The normalized spacial score (nSPS) is 31.9. The van der Waals surface area contributed by atoms with Gasteiger partial charge in [0.2, 0.25) is 0 Å². The third-order valence-corrected chi connectivity index (χ3v) is 3.16. The fourth-order valence-corrected chi connectivity index (χ4v) is 1.90. The molecule has 0 heterocycles.